The van der Waals surface area contributed by atoms with Crippen LogP contribution >= 0.6 is 0 Å². The van der Waals surface area contributed by atoms with E-state index in [0.717, 1.165) is 11.7 Å². The number of aromatic nitrogens is 2. The monoisotopic (exact) mass is 206 g/mol. The highest BCUT2D eigenvalue weighted by atomic mass is 15.0. The maximum absolute atomic E-state index is 5.60. The van der Waals surface area contributed by atoms with Crippen molar-refractivity contribution in [2.75, 3.05) is 11.1 Å². The van der Waals surface area contributed by atoms with Gasteiger partial charge in [-0.1, -0.05) is 12.8 Å². The van der Waals surface area contributed by atoms with Crippen molar-refractivity contribution in [3.05, 3.63) is 12.4 Å². The van der Waals surface area contributed by atoms with Crippen molar-refractivity contribution in [2.24, 2.45) is 5.92 Å². The first-order valence-corrected chi connectivity index (χ1v) is 5.60. The molecule has 0 bridgehead atoms. The largest absolute Gasteiger partial charge is 0.384 e. The molecule has 0 spiro atoms. The number of rotatable bonds is 3. The predicted molar refractivity (Wildman–Crippen MR) is 61.5 cm³/mol. The van der Waals surface area contributed by atoms with Gasteiger partial charge in [0.1, 0.15) is 18.0 Å². The lowest BCUT2D eigenvalue weighted by Crippen LogP contribution is -2.24. The van der Waals surface area contributed by atoms with Crippen molar-refractivity contribution < 1.29 is 0 Å². The number of hydrogen-bond acceptors (Lipinski definition) is 4. The Morgan fingerprint density at radius 2 is 2.13 bits per heavy atom. The molecule has 1 aliphatic rings. The van der Waals surface area contributed by atoms with Gasteiger partial charge in [0.15, 0.2) is 0 Å². The minimum absolute atomic E-state index is 0.474. The SMILES string of the molecule is CC(Nc1cc(N)ncn1)C1CCCC1. The molecule has 4 heteroatoms. The van der Waals surface area contributed by atoms with E-state index >= 15 is 0 Å². The Kier molecular flexibility index (Phi) is 3.04. The summed E-state index contributed by atoms with van der Waals surface area (Å²) in [6.07, 6.45) is 6.88. The Morgan fingerprint density at radius 3 is 2.80 bits per heavy atom. The summed E-state index contributed by atoms with van der Waals surface area (Å²) in [6.45, 7) is 2.22. The molecule has 1 atom stereocenters. The molecule has 15 heavy (non-hydrogen) atoms. The first kappa shape index (κ1) is 10.2. The fraction of sp³-hybridized carbons (Fsp3) is 0.636. The van der Waals surface area contributed by atoms with Crippen molar-refractivity contribution in [3.63, 3.8) is 0 Å². The van der Waals surface area contributed by atoms with Gasteiger partial charge in [0, 0.05) is 12.1 Å². The first-order chi connectivity index (χ1) is 7.25. The number of anilines is 2. The second-order valence-corrected chi connectivity index (χ2v) is 4.31. The van der Waals surface area contributed by atoms with Gasteiger partial charge in [0.05, 0.1) is 0 Å². The summed E-state index contributed by atoms with van der Waals surface area (Å²) < 4.78 is 0. The van der Waals surface area contributed by atoms with Gasteiger partial charge in [-0.05, 0) is 25.7 Å². The molecule has 3 N–H and O–H groups in total. The maximum Gasteiger partial charge on any atom is 0.131 e. The number of nitrogen functional groups attached to an aromatic ring is 1. The molecule has 0 amide bonds. The molecular weight excluding hydrogens is 188 g/mol. The third kappa shape index (κ3) is 2.58. The second-order valence-electron chi connectivity index (χ2n) is 4.31. The summed E-state index contributed by atoms with van der Waals surface area (Å²) in [5, 5.41) is 3.39. The van der Waals surface area contributed by atoms with Crippen LogP contribution in [0.1, 0.15) is 32.6 Å². The van der Waals surface area contributed by atoms with E-state index in [1.165, 1.54) is 32.0 Å². The zero-order valence-corrected chi connectivity index (χ0v) is 9.11. The fourth-order valence-electron chi connectivity index (χ4n) is 2.26. The van der Waals surface area contributed by atoms with Crippen molar-refractivity contribution in [1.29, 1.82) is 0 Å². The van der Waals surface area contributed by atoms with Crippen LogP contribution in [0.25, 0.3) is 0 Å². The number of hydrogen-bond donors (Lipinski definition) is 2. The highest BCUT2D eigenvalue weighted by Crippen LogP contribution is 2.28. The van der Waals surface area contributed by atoms with Crippen LogP contribution in [-0.2, 0) is 0 Å². The highest BCUT2D eigenvalue weighted by Gasteiger charge is 2.21. The van der Waals surface area contributed by atoms with Gasteiger partial charge < -0.3 is 11.1 Å². The minimum Gasteiger partial charge on any atom is -0.384 e. The van der Waals surface area contributed by atoms with Gasteiger partial charge >= 0.3 is 0 Å². The van der Waals surface area contributed by atoms with Gasteiger partial charge in [0.25, 0.3) is 0 Å². The number of nitrogens with zero attached hydrogens (tertiary/aromatic N) is 2. The molecule has 0 aliphatic heterocycles. The van der Waals surface area contributed by atoms with Crippen LogP contribution in [0.2, 0.25) is 0 Å². The van der Waals surface area contributed by atoms with Crippen LogP contribution in [0.5, 0.6) is 0 Å². The first-order valence-electron chi connectivity index (χ1n) is 5.60. The minimum atomic E-state index is 0.474. The van der Waals surface area contributed by atoms with Crippen LogP contribution < -0.4 is 11.1 Å². The molecule has 0 aromatic carbocycles. The van der Waals surface area contributed by atoms with Crippen molar-refractivity contribution in [1.82, 2.24) is 9.97 Å². The van der Waals surface area contributed by atoms with E-state index in [1.807, 2.05) is 0 Å². The molecule has 0 radical (unpaired) electrons. The highest BCUT2D eigenvalue weighted by molar-refractivity contribution is 5.43. The number of nitrogens with one attached hydrogen (secondary N) is 1. The van der Waals surface area contributed by atoms with Gasteiger partial charge in [-0.25, -0.2) is 9.97 Å². The molecule has 82 valence electrons. The molecule has 1 unspecified atom stereocenters. The van der Waals surface area contributed by atoms with Gasteiger partial charge in [-0.3, -0.25) is 0 Å². The summed E-state index contributed by atoms with van der Waals surface area (Å²) in [6, 6.07) is 2.26. The summed E-state index contributed by atoms with van der Waals surface area (Å²) >= 11 is 0. The average molecular weight is 206 g/mol. The van der Waals surface area contributed by atoms with E-state index in [1.54, 1.807) is 6.07 Å². The Bertz CT molecular complexity index is 320. The summed E-state index contributed by atoms with van der Waals surface area (Å²) in [5.41, 5.74) is 5.60. The molecule has 1 aromatic rings. The predicted octanol–water partition coefficient (Wildman–Crippen LogP) is 2.05. The van der Waals surface area contributed by atoms with Crippen LogP contribution in [-0.4, -0.2) is 16.0 Å². The molecule has 1 heterocycles. The lowest BCUT2D eigenvalue weighted by molar-refractivity contribution is 0.481. The molecule has 1 saturated carbocycles. The molecule has 1 fully saturated rings. The molecule has 0 saturated heterocycles. The van der Waals surface area contributed by atoms with E-state index in [2.05, 4.69) is 22.2 Å². The lowest BCUT2D eigenvalue weighted by Gasteiger charge is -2.20. The molecular formula is C11H18N4. The van der Waals surface area contributed by atoms with E-state index in [-0.39, 0.29) is 0 Å². The Labute approximate surface area is 90.3 Å². The van der Waals surface area contributed by atoms with Crippen molar-refractivity contribution in [2.45, 2.75) is 38.6 Å². The van der Waals surface area contributed by atoms with E-state index in [0.29, 0.717) is 11.9 Å². The fourth-order valence-corrected chi connectivity index (χ4v) is 2.26. The molecule has 1 aromatic heterocycles. The number of nitrogens with two attached hydrogens (primary N) is 1. The Hall–Kier alpha value is -1.32. The van der Waals surface area contributed by atoms with E-state index in [4.69, 9.17) is 5.73 Å². The third-order valence-corrected chi connectivity index (χ3v) is 3.17. The summed E-state index contributed by atoms with van der Waals surface area (Å²) in [5.74, 6) is 2.13. The van der Waals surface area contributed by atoms with Crippen molar-refractivity contribution in [3.8, 4) is 0 Å². The van der Waals surface area contributed by atoms with E-state index < -0.39 is 0 Å². The summed E-state index contributed by atoms with van der Waals surface area (Å²) in [4.78, 5) is 8.02. The van der Waals surface area contributed by atoms with Crippen LogP contribution in [0.15, 0.2) is 12.4 Å². The topological polar surface area (TPSA) is 63.8 Å². The Balaban J connectivity index is 1.95. The van der Waals surface area contributed by atoms with Crippen molar-refractivity contribution >= 4 is 11.6 Å². The standard InChI is InChI=1S/C11H18N4/c1-8(9-4-2-3-5-9)15-11-6-10(12)13-7-14-11/h6-9H,2-5H2,1H3,(H3,12,13,14,15). The summed E-state index contributed by atoms with van der Waals surface area (Å²) in [7, 11) is 0. The molecule has 2 rings (SSSR count). The van der Waals surface area contributed by atoms with Crippen LogP contribution in [0, 0.1) is 5.92 Å². The normalized spacial score (nSPS) is 19.0. The quantitative estimate of drug-likeness (QED) is 0.794. The zero-order chi connectivity index (χ0) is 10.7. The zero-order valence-electron chi connectivity index (χ0n) is 9.11. The van der Waals surface area contributed by atoms with Gasteiger partial charge in [-0.2, -0.15) is 0 Å². The van der Waals surface area contributed by atoms with Gasteiger partial charge in [-0.15, -0.1) is 0 Å². The molecule has 1 aliphatic carbocycles. The van der Waals surface area contributed by atoms with Crippen LogP contribution in [0.4, 0.5) is 11.6 Å². The van der Waals surface area contributed by atoms with Crippen LogP contribution in [0.3, 0.4) is 0 Å². The smallest absolute Gasteiger partial charge is 0.131 e. The second kappa shape index (κ2) is 4.47. The lowest BCUT2D eigenvalue weighted by atomic mass is 10.00. The van der Waals surface area contributed by atoms with E-state index in [9.17, 15) is 0 Å². The average Bonchev–Trinajstić information content (AvgIpc) is 2.70. The Morgan fingerprint density at radius 1 is 1.40 bits per heavy atom. The molecule has 4 nitrogen and oxygen atoms in total. The van der Waals surface area contributed by atoms with Gasteiger partial charge in [0.2, 0.25) is 0 Å². The third-order valence-electron chi connectivity index (χ3n) is 3.17. The maximum atomic E-state index is 5.60.